The molecule has 2 heterocycles. The zero-order valence-corrected chi connectivity index (χ0v) is 15.7. The van der Waals surface area contributed by atoms with Gasteiger partial charge in [0.2, 0.25) is 5.91 Å². The summed E-state index contributed by atoms with van der Waals surface area (Å²) in [6.07, 6.45) is 4.36. The molecule has 3 rings (SSSR count). The molecule has 0 saturated carbocycles. The number of benzene rings is 1. The van der Waals surface area contributed by atoms with E-state index in [1.807, 2.05) is 6.92 Å². The number of hydrogen-bond acceptors (Lipinski definition) is 5. The van der Waals surface area contributed by atoms with Gasteiger partial charge in [-0.05, 0) is 31.4 Å². The van der Waals surface area contributed by atoms with Crippen LogP contribution in [-0.2, 0) is 19.6 Å². The van der Waals surface area contributed by atoms with E-state index >= 15 is 0 Å². The van der Waals surface area contributed by atoms with Gasteiger partial charge in [0.15, 0.2) is 0 Å². The summed E-state index contributed by atoms with van der Waals surface area (Å²) in [4.78, 5) is 17.3. The molecule has 0 radical (unpaired) electrons. The molecule has 0 unspecified atom stereocenters. The first-order chi connectivity index (χ1) is 12.5. The summed E-state index contributed by atoms with van der Waals surface area (Å²) >= 11 is 0. The molecule has 8 heteroatoms. The normalized spacial score (nSPS) is 23.4. The SMILES string of the molecule is CCCC[C@H](N=C1NS(=O)(=O)c2ccccc21)C(=O)NC[C@H]1CCCO1. The first kappa shape index (κ1) is 18.8. The maximum Gasteiger partial charge on any atom is 0.263 e. The molecule has 1 amide bonds. The van der Waals surface area contributed by atoms with Gasteiger partial charge in [0.25, 0.3) is 10.0 Å². The molecule has 0 bridgehead atoms. The second kappa shape index (κ2) is 8.18. The number of rotatable bonds is 7. The molecule has 142 valence electrons. The van der Waals surface area contributed by atoms with Gasteiger partial charge in [-0.1, -0.05) is 31.9 Å². The first-order valence-corrected chi connectivity index (χ1v) is 10.6. The number of carbonyl (C=O) groups excluding carboxylic acids is 1. The molecular weight excluding hydrogens is 354 g/mol. The molecule has 0 aromatic heterocycles. The molecule has 2 aliphatic heterocycles. The van der Waals surface area contributed by atoms with Gasteiger partial charge >= 0.3 is 0 Å². The van der Waals surface area contributed by atoms with Crippen LogP contribution < -0.4 is 10.0 Å². The van der Waals surface area contributed by atoms with E-state index in [0.29, 0.717) is 18.5 Å². The van der Waals surface area contributed by atoms with Crippen LogP contribution in [0.4, 0.5) is 0 Å². The number of sulfonamides is 1. The van der Waals surface area contributed by atoms with Crippen LogP contribution in [0.3, 0.4) is 0 Å². The fraction of sp³-hybridized carbons (Fsp3) is 0.556. The number of nitrogens with one attached hydrogen (secondary N) is 2. The monoisotopic (exact) mass is 379 g/mol. The van der Waals surface area contributed by atoms with Crippen LogP contribution in [0.1, 0.15) is 44.6 Å². The molecule has 1 fully saturated rings. The maximum atomic E-state index is 12.6. The highest BCUT2D eigenvalue weighted by Gasteiger charge is 2.31. The highest BCUT2D eigenvalue weighted by atomic mass is 32.2. The topological polar surface area (TPSA) is 96.9 Å². The predicted molar refractivity (Wildman–Crippen MR) is 98.6 cm³/mol. The molecule has 0 aliphatic carbocycles. The highest BCUT2D eigenvalue weighted by molar-refractivity contribution is 7.90. The third-order valence-electron chi connectivity index (χ3n) is 4.61. The number of amidine groups is 1. The number of carbonyl (C=O) groups is 1. The van der Waals surface area contributed by atoms with E-state index in [2.05, 4.69) is 15.0 Å². The van der Waals surface area contributed by atoms with Crippen LogP contribution in [0.15, 0.2) is 34.2 Å². The third-order valence-corrected chi connectivity index (χ3v) is 6.01. The Balaban J connectivity index is 1.77. The lowest BCUT2D eigenvalue weighted by molar-refractivity contribution is -0.122. The summed E-state index contributed by atoms with van der Waals surface area (Å²) in [6.45, 7) is 3.25. The van der Waals surface area contributed by atoms with Crippen molar-refractivity contribution in [2.45, 2.75) is 56.1 Å². The molecule has 2 N–H and O–H groups in total. The highest BCUT2D eigenvalue weighted by Crippen LogP contribution is 2.23. The van der Waals surface area contributed by atoms with Gasteiger partial charge < -0.3 is 10.1 Å². The molecule has 26 heavy (non-hydrogen) atoms. The Morgan fingerprint density at radius 3 is 2.96 bits per heavy atom. The molecule has 7 nitrogen and oxygen atoms in total. The second-order valence-electron chi connectivity index (χ2n) is 6.62. The Bertz CT molecular complexity index is 785. The lowest BCUT2D eigenvalue weighted by atomic mass is 10.1. The molecule has 0 spiro atoms. The van der Waals surface area contributed by atoms with Gasteiger partial charge in [-0.2, -0.15) is 0 Å². The number of amides is 1. The Labute approximate surface area is 154 Å². The Morgan fingerprint density at radius 1 is 1.42 bits per heavy atom. The van der Waals surface area contributed by atoms with E-state index in [1.165, 1.54) is 0 Å². The number of hydrogen-bond donors (Lipinski definition) is 2. The predicted octanol–water partition coefficient (Wildman–Crippen LogP) is 1.58. The largest absolute Gasteiger partial charge is 0.376 e. The van der Waals surface area contributed by atoms with Crippen LogP contribution in [0, 0.1) is 0 Å². The average molecular weight is 379 g/mol. The summed E-state index contributed by atoms with van der Waals surface area (Å²) in [6, 6.07) is 6.05. The maximum absolute atomic E-state index is 12.6. The lowest BCUT2D eigenvalue weighted by Crippen LogP contribution is -2.39. The van der Waals surface area contributed by atoms with Crippen LogP contribution in [0.5, 0.6) is 0 Å². The smallest absolute Gasteiger partial charge is 0.263 e. The summed E-state index contributed by atoms with van der Waals surface area (Å²) in [5.41, 5.74) is 0.515. The van der Waals surface area contributed by atoms with Crippen molar-refractivity contribution in [1.82, 2.24) is 10.0 Å². The van der Waals surface area contributed by atoms with Gasteiger partial charge in [-0.3, -0.25) is 14.5 Å². The minimum absolute atomic E-state index is 0.0594. The number of fused-ring (bicyclic) bond motifs is 1. The van der Waals surface area contributed by atoms with Crippen molar-refractivity contribution in [2.75, 3.05) is 13.2 Å². The molecule has 2 aliphatic rings. The molecule has 1 saturated heterocycles. The fourth-order valence-corrected chi connectivity index (χ4v) is 4.41. The standard InChI is InChI=1S/C18H25N3O4S/c1-2-3-9-15(18(22)19-12-13-7-6-11-25-13)20-17-14-8-4-5-10-16(14)26(23,24)21-17/h4-5,8,10,13,15H,2-3,6-7,9,11-12H2,1H3,(H,19,22)(H,20,21)/t13-,15+/m1/s1. The Morgan fingerprint density at radius 2 is 2.23 bits per heavy atom. The van der Waals surface area contributed by atoms with Crippen molar-refractivity contribution in [3.63, 3.8) is 0 Å². The fourth-order valence-electron chi connectivity index (χ4n) is 3.17. The van der Waals surface area contributed by atoms with Crippen LogP contribution in [0.25, 0.3) is 0 Å². The van der Waals surface area contributed by atoms with Crippen LogP contribution in [-0.4, -0.2) is 45.5 Å². The van der Waals surface area contributed by atoms with E-state index in [1.54, 1.807) is 24.3 Å². The van der Waals surface area contributed by atoms with Crippen molar-refractivity contribution in [3.8, 4) is 0 Å². The summed E-state index contributed by atoms with van der Waals surface area (Å²) < 4.78 is 32.4. The van der Waals surface area contributed by atoms with Crippen molar-refractivity contribution in [2.24, 2.45) is 4.99 Å². The van der Waals surface area contributed by atoms with E-state index < -0.39 is 16.1 Å². The average Bonchev–Trinajstić information content (AvgIpc) is 3.23. The second-order valence-corrected chi connectivity index (χ2v) is 8.27. The van der Waals surface area contributed by atoms with Crippen molar-refractivity contribution in [1.29, 1.82) is 0 Å². The first-order valence-electron chi connectivity index (χ1n) is 9.10. The number of nitrogens with zero attached hydrogens (tertiary/aromatic N) is 1. The number of unbranched alkanes of at least 4 members (excludes halogenated alkanes) is 1. The van der Waals surface area contributed by atoms with Gasteiger partial charge in [0, 0.05) is 18.7 Å². The minimum Gasteiger partial charge on any atom is -0.376 e. The summed E-state index contributed by atoms with van der Waals surface area (Å²) in [5, 5.41) is 2.90. The molecule has 1 aromatic rings. The van der Waals surface area contributed by atoms with E-state index in [4.69, 9.17) is 4.74 Å². The van der Waals surface area contributed by atoms with E-state index in [-0.39, 0.29) is 22.7 Å². The van der Waals surface area contributed by atoms with Crippen LogP contribution >= 0.6 is 0 Å². The molecule has 2 atom stereocenters. The number of aliphatic imine (C=N–C) groups is 1. The summed E-state index contributed by atoms with van der Waals surface area (Å²) in [5.74, 6) is 0.0546. The van der Waals surface area contributed by atoms with E-state index in [9.17, 15) is 13.2 Å². The zero-order valence-electron chi connectivity index (χ0n) is 14.9. The zero-order chi connectivity index (χ0) is 18.6. The van der Waals surface area contributed by atoms with E-state index in [0.717, 1.165) is 32.3 Å². The Hall–Kier alpha value is -1.93. The number of ether oxygens (including phenoxy) is 1. The van der Waals surface area contributed by atoms with Crippen molar-refractivity contribution < 1.29 is 17.9 Å². The minimum atomic E-state index is -3.60. The lowest BCUT2D eigenvalue weighted by Gasteiger charge is -2.16. The molecule has 1 aromatic carbocycles. The quantitative estimate of drug-likeness (QED) is 0.752. The van der Waals surface area contributed by atoms with Crippen LogP contribution in [0.2, 0.25) is 0 Å². The third kappa shape index (κ3) is 4.24. The van der Waals surface area contributed by atoms with Crippen molar-refractivity contribution in [3.05, 3.63) is 29.8 Å². The van der Waals surface area contributed by atoms with Crippen molar-refractivity contribution >= 4 is 21.8 Å². The van der Waals surface area contributed by atoms with Gasteiger partial charge in [-0.15, -0.1) is 0 Å². The van der Waals surface area contributed by atoms with Gasteiger partial charge in [-0.25, -0.2) is 8.42 Å². The Kier molecular flexibility index (Phi) is 5.93. The summed E-state index contributed by atoms with van der Waals surface area (Å²) in [7, 11) is -3.60. The van der Waals surface area contributed by atoms with Gasteiger partial charge in [0.05, 0.1) is 11.0 Å². The van der Waals surface area contributed by atoms with Gasteiger partial charge in [0.1, 0.15) is 11.9 Å². The molecular formula is C18H25N3O4S.